The lowest BCUT2D eigenvalue weighted by Crippen LogP contribution is -2.36. The van der Waals surface area contributed by atoms with Gasteiger partial charge in [-0.05, 0) is 6.92 Å². The molecule has 0 aromatic carbocycles. The van der Waals surface area contributed by atoms with E-state index < -0.39 is 83.4 Å². The van der Waals surface area contributed by atoms with Crippen LogP contribution in [0.5, 0.6) is 0 Å². The zero-order valence-electron chi connectivity index (χ0n) is 23.8. The van der Waals surface area contributed by atoms with Crippen LogP contribution in [0.2, 0.25) is 0 Å². The van der Waals surface area contributed by atoms with Crippen molar-refractivity contribution in [3.8, 4) is 0 Å². The number of aryl methyl sites for hydroxylation is 1. The summed E-state index contributed by atoms with van der Waals surface area (Å²) in [7, 11) is -8.51. The van der Waals surface area contributed by atoms with E-state index in [1.807, 2.05) is 0 Å². The van der Waals surface area contributed by atoms with E-state index in [1.165, 1.54) is 28.5 Å². The Labute approximate surface area is 256 Å². The van der Waals surface area contributed by atoms with Crippen molar-refractivity contribution < 1.29 is 56.7 Å². The average molecular weight is 687 g/mol. The van der Waals surface area contributed by atoms with Crippen molar-refractivity contribution in [2.45, 2.75) is 55.9 Å². The third-order valence-corrected chi connectivity index (χ3v) is 9.61. The van der Waals surface area contributed by atoms with Gasteiger partial charge in [0, 0.05) is 7.05 Å². The van der Waals surface area contributed by atoms with Gasteiger partial charge in [-0.15, -0.1) is 0 Å². The second-order valence-electron chi connectivity index (χ2n) is 10.6. The zero-order chi connectivity index (χ0) is 32.5. The number of fused-ring (bicyclic) bond motifs is 5. The van der Waals surface area contributed by atoms with Gasteiger partial charge in [0.05, 0.1) is 31.4 Å². The molecule has 2 bridgehead atoms. The highest BCUT2D eigenvalue weighted by atomic mass is 31.2. The fraction of sp³-hybridized carbons (Fsp3) is 0.545. The van der Waals surface area contributed by atoms with Gasteiger partial charge >= 0.3 is 15.6 Å². The summed E-state index contributed by atoms with van der Waals surface area (Å²) in [6.07, 6.45) is -8.57. The third kappa shape index (κ3) is 5.45. The van der Waals surface area contributed by atoms with Gasteiger partial charge in [0.1, 0.15) is 54.9 Å². The Morgan fingerprint density at radius 1 is 0.978 bits per heavy atom. The fourth-order valence-electron chi connectivity index (χ4n) is 5.57. The average Bonchev–Trinajstić information content (AvgIpc) is 3.76. The Morgan fingerprint density at radius 3 is 2.43 bits per heavy atom. The number of nitrogens with one attached hydrogen (secondary N) is 2. The van der Waals surface area contributed by atoms with E-state index in [1.54, 1.807) is 7.05 Å². The summed E-state index contributed by atoms with van der Waals surface area (Å²) >= 11 is 0. The van der Waals surface area contributed by atoms with Gasteiger partial charge in [0.2, 0.25) is 0 Å². The first kappa shape index (κ1) is 31.4. The van der Waals surface area contributed by atoms with Gasteiger partial charge in [-0.25, -0.2) is 33.6 Å². The Kier molecular flexibility index (Phi) is 7.82. The van der Waals surface area contributed by atoms with Crippen molar-refractivity contribution in [1.82, 2.24) is 39.1 Å². The van der Waals surface area contributed by atoms with Crippen molar-refractivity contribution in [3.63, 3.8) is 0 Å². The van der Waals surface area contributed by atoms with E-state index in [2.05, 4.69) is 35.3 Å². The van der Waals surface area contributed by atoms with E-state index in [0.717, 1.165) is 6.33 Å². The summed E-state index contributed by atoms with van der Waals surface area (Å²) in [5.41, 5.74) is -0.182. The summed E-state index contributed by atoms with van der Waals surface area (Å²) in [6, 6.07) is 0. The molecular formula is C22H27N9O13P2. The van der Waals surface area contributed by atoms with E-state index >= 15 is 0 Å². The van der Waals surface area contributed by atoms with Gasteiger partial charge < -0.3 is 39.8 Å². The van der Waals surface area contributed by atoms with E-state index in [0.29, 0.717) is 5.82 Å². The summed E-state index contributed by atoms with van der Waals surface area (Å²) < 4.78 is 61.7. The third-order valence-electron chi connectivity index (χ3n) is 7.64. The SMILES string of the molecule is CNc1ncnn2c(C3OC4COP(=O)(O)OC5C(O)C(COP(=O)(O)OC4C3O)OC5n3cnc4c(=O)[nH]c(C)nc43)cnc12. The summed E-state index contributed by atoms with van der Waals surface area (Å²) in [5.74, 6) is 0.582. The van der Waals surface area contributed by atoms with Crippen LogP contribution in [0, 0.1) is 6.92 Å². The number of aliphatic hydroxyl groups is 2. The topological polar surface area (TPSA) is 289 Å². The van der Waals surface area contributed by atoms with E-state index in [-0.39, 0.29) is 28.3 Å². The highest BCUT2D eigenvalue weighted by molar-refractivity contribution is 7.47. The van der Waals surface area contributed by atoms with Crippen molar-refractivity contribution in [2.24, 2.45) is 0 Å². The highest BCUT2D eigenvalue weighted by Gasteiger charge is 2.54. The molecule has 46 heavy (non-hydrogen) atoms. The second-order valence-corrected chi connectivity index (χ2v) is 13.4. The number of H-pyrrole nitrogens is 1. The number of imidazole rings is 2. The first-order chi connectivity index (χ1) is 21.9. The molecule has 3 saturated heterocycles. The van der Waals surface area contributed by atoms with E-state index in [4.69, 9.17) is 27.6 Å². The standard InChI is InChI=1S/C22H27N9O13P2/c1-8-28-19-12(21(34)29-8)26-7-30(19)22-17-13(32)10(42-22)4-39-45(35,36)43-16-11(5-40-46(37,38)44-17)41-15(14(16)33)9-3-24-20-18(23-2)25-6-27-31(9)20/h3,6-7,10-11,13-17,22,32-33H,4-5H2,1-2H3,(H,35,36)(H,37,38)(H,23,25,27)(H,28,29,34). The van der Waals surface area contributed by atoms with Gasteiger partial charge in [0.25, 0.3) is 5.56 Å². The number of hydrogen-bond acceptors (Lipinski definition) is 17. The maximum absolute atomic E-state index is 13.2. The number of ether oxygens (including phenoxy) is 2. The smallest absolute Gasteiger partial charge is 0.387 e. The Hall–Kier alpha value is -3.24. The lowest BCUT2D eigenvalue weighted by Gasteiger charge is -2.26. The quantitative estimate of drug-likeness (QED) is 0.136. The number of hydrogen-bond donors (Lipinski definition) is 6. The van der Waals surface area contributed by atoms with Crippen LogP contribution in [-0.4, -0.2) is 116 Å². The van der Waals surface area contributed by atoms with Crippen LogP contribution in [-0.2, 0) is 36.7 Å². The predicted octanol–water partition coefficient (Wildman–Crippen LogP) is -1.32. The minimum Gasteiger partial charge on any atom is -0.387 e. The maximum Gasteiger partial charge on any atom is 0.472 e. The molecule has 4 aromatic rings. The first-order valence-electron chi connectivity index (χ1n) is 13.6. The molecule has 3 aliphatic heterocycles. The summed E-state index contributed by atoms with van der Waals surface area (Å²) in [4.78, 5) is 52.8. The molecular weight excluding hydrogens is 660 g/mol. The van der Waals surface area contributed by atoms with Crippen LogP contribution in [0.25, 0.3) is 16.8 Å². The normalized spacial score (nSPS) is 37.1. The van der Waals surface area contributed by atoms with E-state index in [9.17, 15) is 33.9 Å². The van der Waals surface area contributed by atoms with Gasteiger partial charge in [0.15, 0.2) is 28.9 Å². The lowest BCUT2D eigenvalue weighted by atomic mass is 10.1. The lowest BCUT2D eigenvalue weighted by molar-refractivity contribution is -0.0637. The van der Waals surface area contributed by atoms with Crippen molar-refractivity contribution in [1.29, 1.82) is 0 Å². The van der Waals surface area contributed by atoms with Crippen LogP contribution in [0.15, 0.2) is 23.6 Å². The maximum atomic E-state index is 13.2. The number of aromatic nitrogens is 8. The molecule has 0 amide bonds. The van der Waals surface area contributed by atoms with Crippen molar-refractivity contribution in [2.75, 3.05) is 25.6 Å². The number of anilines is 1. The largest absolute Gasteiger partial charge is 0.472 e. The molecule has 10 unspecified atom stereocenters. The molecule has 3 aliphatic rings. The molecule has 7 rings (SSSR count). The molecule has 0 radical (unpaired) electrons. The molecule has 0 saturated carbocycles. The minimum absolute atomic E-state index is 0.00122. The number of phosphoric ester groups is 2. The number of aromatic amines is 1. The summed E-state index contributed by atoms with van der Waals surface area (Å²) in [6.45, 7) is -0.0689. The first-order valence-corrected chi connectivity index (χ1v) is 16.6. The van der Waals surface area contributed by atoms with Crippen molar-refractivity contribution >= 4 is 38.3 Å². The molecule has 10 atom stereocenters. The fourth-order valence-corrected chi connectivity index (χ4v) is 7.47. The van der Waals surface area contributed by atoms with Crippen LogP contribution < -0.4 is 10.9 Å². The van der Waals surface area contributed by atoms with Crippen LogP contribution in [0.3, 0.4) is 0 Å². The minimum atomic E-state index is -5.08. The van der Waals surface area contributed by atoms with Crippen LogP contribution in [0.4, 0.5) is 5.82 Å². The highest BCUT2D eigenvalue weighted by Crippen LogP contribution is 2.54. The number of aliphatic hydroxyl groups excluding tert-OH is 2. The zero-order valence-corrected chi connectivity index (χ0v) is 25.5. The number of phosphoric acid groups is 2. The van der Waals surface area contributed by atoms with Crippen LogP contribution >= 0.6 is 15.6 Å². The van der Waals surface area contributed by atoms with Gasteiger partial charge in [-0.3, -0.25) is 27.5 Å². The van der Waals surface area contributed by atoms with Crippen LogP contribution in [0.1, 0.15) is 23.9 Å². The number of nitrogens with zero attached hydrogens (tertiary/aromatic N) is 7. The molecule has 0 spiro atoms. The Bertz CT molecular complexity index is 1950. The van der Waals surface area contributed by atoms with Gasteiger partial charge in [-0.1, -0.05) is 0 Å². The van der Waals surface area contributed by atoms with Gasteiger partial charge in [-0.2, -0.15) is 5.10 Å². The van der Waals surface area contributed by atoms with Crippen molar-refractivity contribution in [3.05, 3.63) is 40.7 Å². The Morgan fingerprint density at radius 2 is 1.70 bits per heavy atom. The molecule has 24 heteroatoms. The second kappa shape index (κ2) is 11.5. The molecule has 0 aliphatic carbocycles. The molecule has 22 nitrogen and oxygen atoms in total. The Balaban J connectivity index is 1.20. The predicted molar refractivity (Wildman–Crippen MR) is 148 cm³/mol. The molecule has 4 aromatic heterocycles. The monoisotopic (exact) mass is 687 g/mol. The number of rotatable bonds is 3. The molecule has 6 N–H and O–H groups in total. The summed E-state index contributed by atoms with van der Waals surface area (Å²) in [5, 5.41) is 29.2. The molecule has 7 heterocycles. The molecule has 3 fully saturated rings. The molecule has 248 valence electrons.